The molecule has 0 aliphatic carbocycles. The molecule has 0 heterocycles. The summed E-state index contributed by atoms with van der Waals surface area (Å²) in [5.74, 6) is -1.06. The number of esters is 3. The molecule has 0 bridgehead atoms. The highest BCUT2D eigenvalue weighted by molar-refractivity contribution is 5.72. The van der Waals surface area contributed by atoms with E-state index in [1.54, 1.807) is 6.08 Å². The van der Waals surface area contributed by atoms with Crippen molar-refractivity contribution < 1.29 is 28.6 Å². The fourth-order valence-corrected chi connectivity index (χ4v) is 7.32. The van der Waals surface area contributed by atoms with Crippen LogP contribution in [0.2, 0.25) is 0 Å². The Bertz CT molecular complexity index is 1270. The van der Waals surface area contributed by atoms with Crippen molar-refractivity contribution in [2.75, 3.05) is 13.2 Å². The Morgan fingerprint density at radius 1 is 0.338 bits per heavy atom. The van der Waals surface area contributed by atoms with Gasteiger partial charge in [-0.1, -0.05) is 228 Å². The lowest BCUT2D eigenvalue weighted by atomic mass is 10.1. The zero-order chi connectivity index (χ0) is 47.2. The van der Waals surface area contributed by atoms with Crippen LogP contribution in [-0.4, -0.2) is 37.2 Å². The first kappa shape index (κ1) is 61.6. The van der Waals surface area contributed by atoms with Crippen molar-refractivity contribution in [3.63, 3.8) is 0 Å². The third-order valence-electron chi connectivity index (χ3n) is 11.4. The van der Waals surface area contributed by atoms with E-state index in [1.165, 1.54) is 128 Å². The predicted octanol–water partition coefficient (Wildman–Crippen LogP) is 18.0. The molecule has 0 aliphatic heterocycles. The minimum atomic E-state index is -0.834. The summed E-state index contributed by atoms with van der Waals surface area (Å²) in [4.78, 5) is 37.9. The molecular weight excluding hydrogens is 805 g/mol. The Labute approximate surface area is 401 Å². The second kappa shape index (κ2) is 53.2. The van der Waals surface area contributed by atoms with Gasteiger partial charge in [0.2, 0.25) is 0 Å². The molecule has 0 spiro atoms. The Morgan fingerprint density at radius 2 is 0.662 bits per heavy atom. The van der Waals surface area contributed by atoms with Crippen LogP contribution in [0.4, 0.5) is 0 Å². The summed E-state index contributed by atoms with van der Waals surface area (Å²) >= 11 is 0. The van der Waals surface area contributed by atoms with Gasteiger partial charge in [-0.2, -0.15) is 0 Å². The van der Waals surface area contributed by atoms with Crippen LogP contribution in [-0.2, 0) is 28.6 Å². The Morgan fingerprint density at radius 3 is 1.05 bits per heavy atom. The molecule has 0 aromatic carbocycles. The van der Waals surface area contributed by atoms with E-state index in [9.17, 15) is 14.4 Å². The van der Waals surface area contributed by atoms with Crippen molar-refractivity contribution in [3.05, 3.63) is 85.1 Å². The van der Waals surface area contributed by atoms with Gasteiger partial charge < -0.3 is 14.2 Å². The molecular formula is C59H100O6. The lowest BCUT2D eigenvalue weighted by Crippen LogP contribution is -2.30. The normalized spacial score (nSPS) is 12.7. The van der Waals surface area contributed by atoms with E-state index in [1.807, 2.05) is 6.08 Å². The van der Waals surface area contributed by atoms with Gasteiger partial charge in [-0.3, -0.25) is 14.4 Å². The van der Waals surface area contributed by atoms with E-state index in [2.05, 4.69) is 93.7 Å². The van der Waals surface area contributed by atoms with Crippen LogP contribution in [0.15, 0.2) is 85.1 Å². The third kappa shape index (κ3) is 51.4. The smallest absolute Gasteiger partial charge is 0.310 e. The highest BCUT2D eigenvalue weighted by Gasteiger charge is 2.19. The molecule has 0 radical (unpaired) electrons. The van der Waals surface area contributed by atoms with Gasteiger partial charge in [0.05, 0.1) is 6.42 Å². The molecule has 0 rings (SSSR count). The molecule has 0 amide bonds. The second-order valence-corrected chi connectivity index (χ2v) is 17.8. The van der Waals surface area contributed by atoms with Crippen molar-refractivity contribution in [1.82, 2.24) is 0 Å². The standard InChI is InChI=1S/C59H100O6/c1-4-7-10-13-16-19-22-24-26-27-28-29-30-31-33-34-37-40-43-46-49-52-58(61)64-55-56(54-63-57(60)51-48-45-42-39-36-21-18-15-12-9-6-3)65-59(62)53-50-47-44-41-38-35-32-25-23-20-17-14-11-8-5-2/h8,11,15,17-18,20,25,27-28,32,38,41,47,50,56H,4-7,9-10,12-14,16,19,21-24,26,29-31,33-37,39-40,42-46,48-49,51-55H2,1-3H3/b11-8-,18-15-,20-17-,28-27-,32-25-,41-38-,50-47-. The summed E-state index contributed by atoms with van der Waals surface area (Å²) in [7, 11) is 0. The summed E-state index contributed by atoms with van der Waals surface area (Å²) in [6, 6.07) is 0. The van der Waals surface area contributed by atoms with Gasteiger partial charge >= 0.3 is 17.9 Å². The quantitative estimate of drug-likeness (QED) is 0.0262. The van der Waals surface area contributed by atoms with Crippen LogP contribution in [0.1, 0.15) is 252 Å². The lowest BCUT2D eigenvalue weighted by molar-refractivity contribution is -0.166. The van der Waals surface area contributed by atoms with Crippen LogP contribution in [0, 0.1) is 0 Å². The average Bonchev–Trinajstić information content (AvgIpc) is 3.30. The maximum atomic E-state index is 12.7. The number of rotatable bonds is 48. The molecule has 65 heavy (non-hydrogen) atoms. The summed E-state index contributed by atoms with van der Waals surface area (Å²) in [5.41, 5.74) is 0. The van der Waals surface area contributed by atoms with E-state index in [0.29, 0.717) is 12.8 Å². The lowest BCUT2D eigenvalue weighted by Gasteiger charge is -2.18. The molecule has 6 heteroatoms. The fourth-order valence-electron chi connectivity index (χ4n) is 7.32. The molecule has 0 saturated carbocycles. The van der Waals surface area contributed by atoms with E-state index < -0.39 is 12.1 Å². The first-order chi connectivity index (χ1) is 32.0. The number of carbonyl (C=O) groups excluding carboxylic acids is 3. The third-order valence-corrected chi connectivity index (χ3v) is 11.4. The van der Waals surface area contributed by atoms with Gasteiger partial charge in [-0.15, -0.1) is 0 Å². The van der Waals surface area contributed by atoms with Gasteiger partial charge in [0, 0.05) is 12.8 Å². The Balaban J connectivity index is 4.41. The summed E-state index contributed by atoms with van der Waals surface area (Å²) in [6.07, 6.45) is 68.9. The minimum Gasteiger partial charge on any atom is -0.462 e. The molecule has 0 aromatic heterocycles. The van der Waals surface area contributed by atoms with Crippen LogP contribution in [0.5, 0.6) is 0 Å². The first-order valence-corrected chi connectivity index (χ1v) is 27.1. The number of ether oxygens (including phenoxy) is 3. The number of carbonyl (C=O) groups is 3. The molecule has 0 aliphatic rings. The zero-order valence-electron chi connectivity index (χ0n) is 42.5. The van der Waals surface area contributed by atoms with Crippen LogP contribution < -0.4 is 0 Å². The average molecular weight is 905 g/mol. The number of unbranched alkanes of at least 4 members (excludes halogenated alkanes) is 24. The van der Waals surface area contributed by atoms with Crippen molar-refractivity contribution >= 4 is 17.9 Å². The van der Waals surface area contributed by atoms with Crippen LogP contribution in [0.3, 0.4) is 0 Å². The van der Waals surface area contributed by atoms with Gasteiger partial charge in [0.25, 0.3) is 0 Å². The fraction of sp³-hybridized carbons (Fsp3) is 0.712. The predicted molar refractivity (Wildman–Crippen MR) is 279 cm³/mol. The molecule has 6 nitrogen and oxygen atoms in total. The molecule has 372 valence electrons. The molecule has 0 N–H and O–H groups in total. The summed E-state index contributed by atoms with van der Waals surface area (Å²) < 4.78 is 16.7. The molecule has 1 atom stereocenters. The maximum Gasteiger partial charge on any atom is 0.310 e. The summed E-state index contributed by atoms with van der Waals surface area (Å²) in [6.45, 7) is 6.39. The van der Waals surface area contributed by atoms with E-state index >= 15 is 0 Å². The minimum absolute atomic E-state index is 0.0945. The number of allylic oxidation sites excluding steroid dienone is 13. The van der Waals surface area contributed by atoms with Crippen LogP contribution in [0.25, 0.3) is 0 Å². The van der Waals surface area contributed by atoms with Crippen molar-refractivity contribution in [2.45, 2.75) is 258 Å². The monoisotopic (exact) mass is 905 g/mol. The van der Waals surface area contributed by atoms with Gasteiger partial charge in [0.15, 0.2) is 6.10 Å². The highest BCUT2D eigenvalue weighted by atomic mass is 16.6. The molecule has 0 aromatic rings. The van der Waals surface area contributed by atoms with Gasteiger partial charge in [0.1, 0.15) is 13.2 Å². The second-order valence-electron chi connectivity index (χ2n) is 17.8. The van der Waals surface area contributed by atoms with E-state index in [4.69, 9.17) is 14.2 Å². The zero-order valence-corrected chi connectivity index (χ0v) is 42.5. The van der Waals surface area contributed by atoms with Crippen molar-refractivity contribution in [1.29, 1.82) is 0 Å². The van der Waals surface area contributed by atoms with Crippen LogP contribution >= 0.6 is 0 Å². The Hall–Kier alpha value is -3.41. The number of hydrogen-bond donors (Lipinski definition) is 0. The molecule has 0 saturated heterocycles. The first-order valence-electron chi connectivity index (χ1n) is 27.1. The van der Waals surface area contributed by atoms with E-state index in [-0.39, 0.29) is 31.6 Å². The Kier molecular flexibility index (Phi) is 50.4. The number of hydrogen-bond acceptors (Lipinski definition) is 6. The maximum absolute atomic E-state index is 12.7. The largest absolute Gasteiger partial charge is 0.462 e. The SMILES string of the molecule is CC/C=C\C/C=C\C/C=C\C/C=C\C/C=C\CC(=O)OC(COC(=O)CCCCCCC/C=C\CCCC)COC(=O)CCCCCCCCCCC/C=C\CCCCCCCCCC. The topological polar surface area (TPSA) is 78.9 Å². The van der Waals surface area contributed by atoms with Crippen molar-refractivity contribution in [3.8, 4) is 0 Å². The van der Waals surface area contributed by atoms with Crippen molar-refractivity contribution in [2.24, 2.45) is 0 Å². The highest BCUT2D eigenvalue weighted by Crippen LogP contribution is 2.14. The molecule has 1 unspecified atom stereocenters. The molecule has 0 fully saturated rings. The van der Waals surface area contributed by atoms with Gasteiger partial charge in [-0.25, -0.2) is 0 Å². The van der Waals surface area contributed by atoms with E-state index in [0.717, 1.165) is 83.5 Å². The summed E-state index contributed by atoms with van der Waals surface area (Å²) in [5, 5.41) is 0. The van der Waals surface area contributed by atoms with Gasteiger partial charge in [-0.05, 0) is 89.9 Å².